The van der Waals surface area contributed by atoms with Gasteiger partial charge in [-0.15, -0.1) is 0 Å². The third kappa shape index (κ3) is 1.88. The molecule has 1 aliphatic heterocycles. The van der Waals surface area contributed by atoms with Crippen molar-refractivity contribution in [2.75, 3.05) is 13.1 Å². The Kier molecular flexibility index (Phi) is 2.59. The Morgan fingerprint density at radius 1 is 1.38 bits per heavy atom. The Morgan fingerprint density at radius 3 is 2.85 bits per heavy atom. The summed E-state index contributed by atoms with van der Waals surface area (Å²) in [6, 6.07) is 0. The summed E-state index contributed by atoms with van der Waals surface area (Å²) < 4.78 is 14.3. The van der Waals surface area contributed by atoms with Crippen molar-refractivity contribution in [1.82, 2.24) is 5.32 Å². The van der Waals surface area contributed by atoms with Gasteiger partial charge in [0.15, 0.2) is 0 Å². The van der Waals surface area contributed by atoms with Crippen LogP contribution < -0.4 is 5.32 Å². The van der Waals surface area contributed by atoms with Crippen LogP contribution in [0.15, 0.2) is 0 Å². The molecule has 3 atom stereocenters. The van der Waals surface area contributed by atoms with Gasteiger partial charge in [-0.2, -0.15) is 0 Å². The highest BCUT2D eigenvalue weighted by atomic mass is 19.1. The highest BCUT2D eigenvalue weighted by Crippen LogP contribution is 2.40. The zero-order valence-electron chi connectivity index (χ0n) is 8.48. The zero-order chi connectivity index (χ0) is 9.31. The quantitative estimate of drug-likeness (QED) is 0.662. The van der Waals surface area contributed by atoms with Crippen LogP contribution in [0.1, 0.15) is 39.0 Å². The van der Waals surface area contributed by atoms with Crippen molar-refractivity contribution < 1.29 is 4.39 Å². The molecule has 0 aromatic heterocycles. The Labute approximate surface area is 80.1 Å². The van der Waals surface area contributed by atoms with Gasteiger partial charge in [-0.05, 0) is 37.6 Å². The normalized spacial score (nSPS) is 46.6. The Balaban J connectivity index is 1.98. The predicted octanol–water partition coefficient (Wildman–Crippen LogP) is 2.51. The summed E-state index contributed by atoms with van der Waals surface area (Å²) in [6.07, 6.45) is 5.50. The molecule has 1 nitrogen and oxygen atoms in total. The van der Waals surface area contributed by atoms with Gasteiger partial charge in [0, 0.05) is 6.54 Å². The SMILES string of the molecule is CC1CCCC(C2(F)CCNC2)C1. The number of alkyl halides is 1. The third-order valence-electron chi connectivity index (χ3n) is 3.80. The molecule has 1 saturated heterocycles. The predicted molar refractivity (Wildman–Crippen MR) is 52.4 cm³/mol. The van der Waals surface area contributed by atoms with E-state index in [-0.39, 0.29) is 0 Å². The molecule has 13 heavy (non-hydrogen) atoms. The molecule has 1 heterocycles. The van der Waals surface area contributed by atoms with Crippen LogP contribution in [0.25, 0.3) is 0 Å². The highest BCUT2D eigenvalue weighted by Gasteiger charge is 2.42. The molecule has 2 fully saturated rings. The van der Waals surface area contributed by atoms with E-state index in [0.717, 1.165) is 31.7 Å². The van der Waals surface area contributed by atoms with E-state index < -0.39 is 5.67 Å². The molecule has 3 unspecified atom stereocenters. The molecule has 76 valence electrons. The summed E-state index contributed by atoms with van der Waals surface area (Å²) in [5, 5.41) is 3.15. The summed E-state index contributed by atoms with van der Waals surface area (Å²) in [7, 11) is 0. The minimum Gasteiger partial charge on any atom is -0.313 e. The van der Waals surface area contributed by atoms with E-state index >= 15 is 0 Å². The summed E-state index contributed by atoms with van der Waals surface area (Å²) >= 11 is 0. The van der Waals surface area contributed by atoms with E-state index in [1.807, 2.05) is 0 Å². The van der Waals surface area contributed by atoms with Crippen LogP contribution in [-0.2, 0) is 0 Å². The summed E-state index contributed by atoms with van der Waals surface area (Å²) in [4.78, 5) is 0. The van der Waals surface area contributed by atoms with Gasteiger partial charge in [0.25, 0.3) is 0 Å². The van der Waals surface area contributed by atoms with Crippen LogP contribution >= 0.6 is 0 Å². The third-order valence-corrected chi connectivity index (χ3v) is 3.80. The van der Waals surface area contributed by atoms with Gasteiger partial charge in [0.2, 0.25) is 0 Å². The lowest BCUT2D eigenvalue weighted by Gasteiger charge is -2.35. The number of rotatable bonds is 1. The number of hydrogen-bond donors (Lipinski definition) is 1. The first-order valence-electron chi connectivity index (χ1n) is 5.60. The maximum Gasteiger partial charge on any atom is 0.127 e. The van der Waals surface area contributed by atoms with E-state index in [1.54, 1.807) is 0 Å². The second-order valence-electron chi connectivity index (χ2n) is 4.93. The number of halogens is 1. The molecule has 0 radical (unpaired) electrons. The molecule has 1 aliphatic carbocycles. The first-order chi connectivity index (χ1) is 6.21. The second-order valence-corrected chi connectivity index (χ2v) is 4.93. The standard InChI is InChI=1S/C11H20FN/c1-9-3-2-4-10(7-9)11(12)5-6-13-8-11/h9-10,13H,2-8H2,1H3. The van der Waals surface area contributed by atoms with Crippen LogP contribution in [0.5, 0.6) is 0 Å². The van der Waals surface area contributed by atoms with Gasteiger partial charge < -0.3 is 5.32 Å². The average molecular weight is 185 g/mol. The lowest BCUT2D eigenvalue weighted by atomic mass is 9.74. The molecule has 2 heteroatoms. The fraction of sp³-hybridized carbons (Fsp3) is 1.00. The van der Waals surface area contributed by atoms with Crippen molar-refractivity contribution in [2.45, 2.75) is 44.7 Å². The number of nitrogens with one attached hydrogen (secondary N) is 1. The Bertz CT molecular complexity index is 175. The Hall–Kier alpha value is -0.110. The maximum absolute atomic E-state index is 14.3. The van der Waals surface area contributed by atoms with E-state index in [4.69, 9.17) is 0 Å². The molecule has 1 N–H and O–H groups in total. The van der Waals surface area contributed by atoms with Crippen LogP contribution in [0.2, 0.25) is 0 Å². The summed E-state index contributed by atoms with van der Waals surface area (Å²) in [6.45, 7) is 3.74. The lowest BCUT2D eigenvalue weighted by molar-refractivity contribution is 0.0614. The Morgan fingerprint density at radius 2 is 2.23 bits per heavy atom. The van der Waals surface area contributed by atoms with Gasteiger partial charge in [-0.1, -0.05) is 19.8 Å². The van der Waals surface area contributed by atoms with Crippen molar-refractivity contribution in [3.63, 3.8) is 0 Å². The topological polar surface area (TPSA) is 12.0 Å². The van der Waals surface area contributed by atoms with Crippen molar-refractivity contribution in [2.24, 2.45) is 11.8 Å². The molecular formula is C11H20FN. The fourth-order valence-electron chi connectivity index (χ4n) is 2.93. The summed E-state index contributed by atoms with van der Waals surface area (Å²) in [5.74, 6) is 1.08. The first kappa shape index (κ1) is 9.45. The van der Waals surface area contributed by atoms with Crippen LogP contribution in [0, 0.1) is 11.8 Å². The largest absolute Gasteiger partial charge is 0.313 e. The monoisotopic (exact) mass is 185 g/mol. The minimum atomic E-state index is -0.866. The van der Waals surface area contributed by atoms with Crippen LogP contribution in [-0.4, -0.2) is 18.8 Å². The molecule has 0 spiro atoms. The maximum atomic E-state index is 14.3. The highest BCUT2D eigenvalue weighted by molar-refractivity contribution is 4.95. The molecule has 2 rings (SSSR count). The van der Waals surface area contributed by atoms with E-state index in [0.29, 0.717) is 12.5 Å². The minimum absolute atomic E-state index is 0.339. The second kappa shape index (κ2) is 3.56. The zero-order valence-corrected chi connectivity index (χ0v) is 8.48. The van der Waals surface area contributed by atoms with Gasteiger partial charge >= 0.3 is 0 Å². The van der Waals surface area contributed by atoms with Gasteiger partial charge in [-0.3, -0.25) is 0 Å². The van der Waals surface area contributed by atoms with Gasteiger partial charge in [-0.25, -0.2) is 4.39 Å². The van der Waals surface area contributed by atoms with Gasteiger partial charge in [0.05, 0.1) is 0 Å². The number of hydrogen-bond acceptors (Lipinski definition) is 1. The molecule has 0 aromatic rings. The molecular weight excluding hydrogens is 165 g/mol. The molecule has 1 saturated carbocycles. The molecule has 0 bridgehead atoms. The molecule has 0 amide bonds. The van der Waals surface area contributed by atoms with Crippen LogP contribution in [0.3, 0.4) is 0 Å². The van der Waals surface area contributed by atoms with E-state index in [2.05, 4.69) is 12.2 Å². The van der Waals surface area contributed by atoms with Crippen molar-refractivity contribution in [3.8, 4) is 0 Å². The van der Waals surface area contributed by atoms with Crippen LogP contribution in [0.4, 0.5) is 4.39 Å². The van der Waals surface area contributed by atoms with Crippen molar-refractivity contribution >= 4 is 0 Å². The summed E-state index contributed by atoms with van der Waals surface area (Å²) in [5.41, 5.74) is -0.866. The fourth-order valence-corrected chi connectivity index (χ4v) is 2.93. The first-order valence-corrected chi connectivity index (χ1v) is 5.60. The smallest absolute Gasteiger partial charge is 0.127 e. The molecule has 2 aliphatic rings. The molecule has 0 aromatic carbocycles. The van der Waals surface area contributed by atoms with E-state index in [1.165, 1.54) is 12.8 Å². The lowest BCUT2D eigenvalue weighted by Crippen LogP contribution is -2.38. The van der Waals surface area contributed by atoms with Crippen molar-refractivity contribution in [3.05, 3.63) is 0 Å². The van der Waals surface area contributed by atoms with E-state index in [9.17, 15) is 4.39 Å². The van der Waals surface area contributed by atoms with Gasteiger partial charge in [0.1, 0.15) is 5.67 Å². The van der Waals surface area contributed by atoms with Crippen molar-refractivity contribution in [1.29, 1.82) is 0 Å². The average Bonchev–Trinajstić information content (AvgIpc) is 2.54.